The van der Waals surface area contributed by atoms with Crippen LogP contribution in [0.4, 0.5) is 5.82 Å². The minimum atomic E-state index is 0.893. The second kappa shape index (κ2) is 8.12. The van der Waals surface area contributed by atoms with E-state index in [1.807, 2.05) is 0 Å². The van der Waals surface area contributed by atoms with Crippen molar-refractivity contribution in [1.82, 2.24) is 9.97 Å². The average Bonchev–Trinajstić information content (AvgIpc) is 3.12. The van der Waals surface area contributed by atoms with Crippen molar-refractivity contribution < 1.29 is 9.64 Å². The van der Waals surface area contributed by atoms with Gasteiger partial charge in [0.15, 0.2) is 0 Å². The van der Waals surface area contributed by atoms with Gasteiger partial charge in [0.05, 0.1) is 25.1 Å². The number of morpholine rings is 1. The van der Waals surface area contributed by atoms with Crippen LogP contribution < -0.4 is 10.2 Å². The topological polar surface area (TPSA) is 51.5 Å². The molecule has 3 heterocycles. The van der Waals surface area contributed by atoms with Gasteiger partial charge in [-0.15, -0.1) is 11.3 Å². The summed E-state index contributed by atoms with van der Waals surface area (Å²) in [6, 6.07) is 8.66. The second-order valence-corrected chi connectivity index (χ2v) is 7.67. The van der Waals surface area contributed by atoms with Gasteiger partial charge in [0.25, 0.3) is 0 Å². The summed E-state index contributed by atoms with van der Waals surface area (Å²) in [6.07, 6.45) is 2.79. The molecule has 6 heteroatoms. The van der Waals surface area contributed by atoms with E-state index in [-0.39, 0.29) is 0 Å². The lowest BCUT2D eigenvalue weighted by atomic mass is 10.0. The first-order valence-corrected chi connectivity index (χ1v) is 10.1. The third-order valence-electron chi connectivity index (χ3n) is 4.93. The number of aryl methyl sites for hydroxylation is 1. The monoisotopic (exact) mass is 369 g/mol. The Labute approximate surface area is 158 Å². The molecule has 1 aliphatic heterocycles. The zero-order valence-electron chi connectivity index (χ0n) is 15.1. The number of quaternary nitrogens is 1. The first-order valence-electron chi connectivity index (χ1n) is 9.26. The number of rotatable bonds is 6. The molecule has 1 fully saturated rings. The van der Waals surface area contributed by atoms with Crippen LogP contribution in [0.1, 0.15) is 12.0 Å². The predicted molar refractivity (Wildman–Crippen MR) is 107 cm³/mol. The van der Waals surface area contributed by atoms with Crippen LogP contribution in [0.2, 0.25) is 0 Å². The Morgan fingerprint density at radius 2 is 1.96 bits per heavy atom. The number of nitrogens with zero attached hydrogens (tertiary/aromatic N) is 2. The molecule has 2 N–H and O–H groups in total. The van der Waals surface area contributed by atoms with Crippen LogP contribution in [0.5, 0.6) is 0 Å². The lowest BCUT2D eigenvalue weighted by Gasteiger charge is -2.23. The predicted octanol–water partition coefficient (Wildman–Crippen LogP) is 2.38. The summed E-state index contributed by atoms with van der Waals surface area (Å²) < 4.78 is 5.42. The van der Waals surface area contributed by atoms with Crippen LogP contribution in [0.15, 0.2) is 36.0 Å². The van der Waals surface area contributed by atoms with Crippen molar-refractivity contribution in [2.75, 3.05) is 44.7 Å². The number of thiophene rings is 1. The van der Waals surface area contributed by atoms with Gasteiger partial charge in [0, 0.05) is 23.9 Å². The Hall–Kier alpha value is -2.02. The Balaban J connectivity index is 1.48. The Morgan fingerprint density at radius 3 is 2.77 bits per heavy atom. The maximum absolute atomic E-state index is 5.42. The standard InChI is InChI=1S/C20H24N4OS/c1-15-3-5-16(6-4-15)17-13-26-20-18(17)19(22-14-23-20)21-7-2-8-24-9-11-25-12-10-24/h3-6,13-14H,2,7-12H2,1H3,(H,21,22,23)/p+1. The SMILES string of the molecule is Cc1ccc(-c2csc3ncnc(NCCC[NH+]4CCOCC4)c23)cc1. The van der Waals surface area contributed by atoms with Crippen LogP contribution in [0, 0.1) is 6.92 Å². The van der Waals surface area contributed by atoms with E-state index in [2.05, 4.69) is 51.9 Å². The van der Waals surface area contributed by atoms with Gasteiger partial charge in [0.1, 0.15) is 30.1 Å². The van der Waals surface area contributed by atoms with Gasteiger partial charge in [-0.2, -0.15) is 0 Å². The summed E-state index contributed by atoms with van der Waals surface area (Å²) in [4.78, 5) is 11.7. The van der Waals surface area contributed by atoms with Crippen molar-refractivity contribution in [2.45, 2.75) is 13.3 Å². The van der Waals surface area contributed by atoms with Crippen LogP contribution in [-0.4, -0.2) is 49.4 Å². The number of fused-ring (bicyclic) bond motifs is 1. The molecule has 5 nitrogen and oxygen atoms in total. The van der Waals surface area contributed by atoms with Crippen molar-refractivity contribution in [3.63, 3.8) is 0 Å². The molecule has 1 saturated heterocycles. The summed E-state index contributed by atoms with van der Waals surface area (Å²) >= 11 is 1.68. The van der Waals surface area contributed by atoms with Crippen molar-refractivity contribution in [1.29, 1.82) is 0 Å². The first kappa shape index (κ1) is 17.4. The molecule has 0 bridgehead atoms. The van der Waals surface area contributed by atoms with Crippen molar-refractivity contribution in [3.05, 3.63) is 41.5 Å². The molecule has 0 unspecified atom stereocenters. The number of benzene rings is 1. The molecule has 1 aromatic carbocycles. The molecule has 2 aromatic heterocycles. The van der Waals surface area contributed by atoms with Gasteiger partial charge >= 0.3 is 0 Å². The Kier molecular flexibility index (Phi) is 5.43. The first-order chi connectivity index (χ1) is 12.8. The zero-order chi connectivity index (χ0) is 17.8. The number of aromatic nitrogens is 2. The number of hydrogen-bond donors (Lipinski definition) is 2. The Bertz CT molecular complexity index is 856. The smallest absolute Gasteiger partial charge is 0.138 e. The van der Waals surface area contributed by atoms with E-state index in [0.717, 1.165) is 55.3 Å². The molecule has 0 atom stereocenters. The van der Waals surface area contributed by atoms with Gasteiger partial charge in [-0.05, 0) is 12.5 Å². The van der Waals surface area contributed by atoms with E-state index >= 15 is 0 Å². The molecule has 1 aliphatic rings. The normalized spacial score (nSPS) is 15.4. The minimum absolute atomic E-state index is 0.893. The fourth-order valence-corrected chi connectivity index (χ4v) is 4.33. The zero-order valence-corrected chi connectivity index (χ0v) is 15.9. The van der Waals surface area contributed by atoms with Crippen molar-refractivity contribution in [2.24, 2.45) is 0 Å². The highest BCUT2D eigenvalue weighted by Crippen LogP contribution is 2.36. The van der Waals surface area contributed by atoms with Gasteiger partial charge in [0.2, 0.25) is 0 Å². The van der Waals surface area contributed by atoms with E-state index in [0.29, 0.717) is 0 Å². The number of ether oxygens (including phenoxy) is 1. The molecular weight excluding hydrogens is 344 g/mol. The number of nitrogens with one attached hydrogen (secondary N) is 2. The molecule has 4 rings (SSSR count). The van der Waals surface area contributed by atoms with Crippen LogP contribution in [0.3, 0.4) is 0 Å². The van der Waals surface area contributed by atoms with E-state index < -0.39 is 0 Å². The number of hydrogen-bond acceptors (Lipinski definition) is 5. The van der Waals surface area contributed by atoms with Crippen LogP contribution in [0.25, 0.3) is 21.3 Å². The third kappa shape index (κ3) is 3.87. The fraction of sp³-hybridized carbons (Fsp3) is 0.400. The van der Waals surface area contributed by atoms with E-state index in [9.17, 15) is 0 Å². The summed E-state index contributed by atoms with van der Waals surface area (Å²) in [5.41, 5.74) is 3.71. The highest BCUT2D eigenvalue weighted by Gasteiger charge is 2.15. The fourth-order valence-electron chi connectivity index (χ4n) is 3.41. The molecule has 0 amide bonds. The highest BCUT2D eigenvalue weighted by molar-refractivity contribution is 7.17. The van der Waals surface area contributed by atoms with E-state index in [1.165, 1.54) is 23.2 Å². The van der Waals surface area contributed by atoms with Crippen LogP contribution in [-0.2, 0) is 4.74 Å². The summed E-state index contributed by atoms with van der Waals surface area (Å²) in [7, 11) is 0. The summed E-state index contributed by atoms with van der Waals surface area (Å²) in [5.74, 6) is 0.948. The maximum Gasteiger partial charge on any atom is 0.138 e. The molecule has 0 aliphatic carbocycles. The lowest BCUT2D eigenvalue weighted by Crippen LogP contribution is -3.14. The van der Waals surface area contributed by atoms with E-state index in [1.54, 1.807) is 22.6 Å². The second-order valence-electron chi connectivity index (χ2n) is 6.81. The summed E-state index contributed by atoms with van der Waals surface area (Å²) in [5, 5.41) is 6.87. The maximum atomic E-state index is 5.42. The Morgan fingerprint density at radius 1 is 1.15 bits per heavy atom. The minimum Gasteiger partial charge on any atom is -0.370 e. The molecule has 0 saturated carbocycles. The molecule has 0 radical (unpaired) electrons. The number of anilines is 1. The van der Waals surface area contributed by atoms with Crippen LogP contribution >= 0.6 is 11.3 Å². The largest absolute Gasteiger partial charge is 0.370 e. The molecule has 0 spiro atoms. The average molecular weight is 370 g/mol. The molecule has 3 aromatic rings. The van der Waals surface area contributed by atoms with Gasteiger partial charge in [-0.1, -0.05) is 29.8 Å². The molecule has 136 valence electrons. The molecule has 26 heavy (non-hydrogen) atoms. The third-order valence-corrected chi connectivity index (χ3v) is 5.82. The summed E-state index contributed by atoms with van der Waals surface area (Å²) in [6.45, 7) is 8.26. The van der Waals surface area contributed by atoms with Gasteiger partial charge < -0.3 is 15.0 Å². The lowest BCUT2D eigenvalue weighted by molar-refractivity contribution is -0.908. The molecular formula is C20H25N4OS+. The quantitative estimate of drug-likeness (QED) is 0.655. The van der Waals surface area contributed by atoms with E-state index in [4.69, 9.17) is 4.74 Å². The highest BCUT2D eigenvalue weighted by atomic mass is 32.1. The van der Waals surface area contributed by atoms with Crippen molar-refractivity contribution >= 4 is 27.4 Å². The van der Waals surface area contributed by atoms with Crippen molar-refractivity contribution in [3.8, 4) is 11.1 Å². The van der Waals surface area contributed by atoms with Gasteiger partial charge in [-0.3, -0.25) is 0 Å². The van der Waals surface area contributed by atoms with Gasteiger partial charge in [-0.25, -0.2) is 9.97 Å².